The number of ether oxygens (including phenoxy) is 2. The van der Waals surface area contributed by atoms with Crippen LogP contribution in [0.3, 0.4) is 0 Å². The Labute approximate surface area is 269 Å². The average Bonchev–Trinajstić information content (AvgIpc) is 3.71. The third-order valence-corrected chi connectivity index (χ3v) is 8.54. The van der Waals surface area contributed by atoms with Crippen LogP contribution >= 0.6 is 11.8 Å². The third-order valence-electron chi connectivity index (χ3n) is 7.58. The molecule has 1 aliphatic rings. The molecule has 5 rings (SSSR count). The lowest BCUT2D eigenvalue weighted by atomic mass is 9.95. The van der Waals surface area contributed by atoms with Gasteiger partial charge in [0, 0.05) is 36.0 Å². The predicted octanol–water partition coefficient (Wildman–Crippen LogP) is 7.78. The van der Waals surface area contributed by atoms with Gasteiger partial charge >= 0.3 is 12.4 Å². The van der Waals surface area contributed by atoms with E-state index < -0.39 is 6.36 Å². The van der Waals surface area contributed by atoms with Crippen molar-refractivity contribution < 1.29 is 27.4 Å². The van der Waals surface area contributed by atoms with Gasteiger partial charge in [0.1, 0.15) is 17.8 Å². The lowest BCUT2D eigenvalue weighted by molar-refractivity contribution is -0.274. The summed E-state index contributed by atoms with van der Waals surface area (Å²) in [6, 6.07) is 18.8. The smallest absolute Gasteiger partial charge is 0.497 e. The highest BCUT2D eigenvalue weighted by Crippen LogP contribution is 2.35. The minimum Gasteiger partial charge on any atom is -0.497 e. The zero-order chi connectivity index (χ0) is 32.8. The first-order valence-corrected chi connectivity index (χ1v) is 15.9. The summed E-state index contributed by atoms with van der Waals surface area (Å²) in [7, 11) is 1.65. The van der Waals surface area contributed by atoms with E-state index in [2.05, 4.69) is 50.8 Å². The van der Waals surface area contributed by atoms with E-state index in [-0.39, 0.29) is 23.6 Å². The van der Waals surface area contributed by atoms with Crippen molar-refractivity contribution >= 4 is 28.6 Å². The SMILES string of the molecule is CCC(CNC(=O)/N=C1\SCCN1c1ccc(OC)cc1C(C)C)c1ccc(-c2ncn(-c3ccc(OC(F)(F)F)cc3)n2)cc1. The van der Waals surface area contributed by atoms with E-state index in [9.17, 15) is 18.0 Å². The number of thioether (sulfide) groups is 1. The summed E-state index contributed by atoms with van der Waals surface area (Å²) in [4.78, 5) is 23.8. The number of hydrogen-bond acceptors (Lipinski definition) is 6. The Morgan fingerprint density at radius 1 is 1.07 bits per heavy atom. The highest BCUT2D eigenvalue weighted by Gasteiger charge is 2.31. The Hall–Kier alpha value is -4.52. The van der Waals surface area contributed by atoms with Gasteiger partial charge < -0.3 is 19.7 Å². The maximum Gasteiger partial charge on any atom is 0.573 e. The minimum absolute atomic E-state index is 0.0719. The minimum atomic E-state index is -4.75. The van der Waals surface area contributed by atoms with Gasteiger partial charge in [-0.1, -0.05) is 56.8 Å². The van der Waals surface area contributed by atoms with Crippen LogP contribution in [-0.2, 0) is 0 Å². The summed E-state index contributed by atoms with van der Waals surface area (Å²) in [6.45, 7) is 7.53. The van der Waals surface area contributed by atoms with Gasteiger partial charge in [0.25, 0.3) is 0 Å². The van der Waals surface area contributed by atoms with Crippen LogP contribution in [0, 0.1) is 0 Å². The first-order chi connectivity index (χ1) is 22.0. The van der Waals surface area contributed by atoms with Crippen molar-refractivity contribution in [1.82, 2.24) is 20.1 Å². The number of urea groups is 1. The van der Waals surface area contributed by atoms with Crippen molar-refractivity contribution in [3.8, 4) is 28.6 Å². The predicted molar refractivity (Wildman–Crippen MR) is 174 cm³/mol. The summed E-state index contributed by atoms with van der Waals surface area (Å²) < 4.78 is 48.2. The normalized spacial score (nSPS) is 15.0. The maximum absolute atomic E-state index is 13.0. The van der Waals surface area contributed by atoms with Crippen LogP contribution in [0.15, 0.2) is 78.0 Å². The number of nitrogens with zero attached hydrogens (tertiary/aromatic N) is 5. The molecule has 2 heterocycles. The molecule has 242 valence electrons. The van der Waals surface area contributed by atoms with Crippen molar-refractivity contribution in [2.24, 2.45) is 4.99 Å². The van der Waals surface area contributed by atoms with Crippen LogP contribution in [0.25, 0.3) is 17.1 Å². The second-order valence-corrected chi connectivity index (χ2v) is 12.0. The monoisotopic (exact) mass is 652 g/mol. The lowest BCUT2D eigenvalue weighted by Crippen LogP contribution is -2.30. The van der Waals surface area contributed by atoms with E-state index in [4.69, 9.17) is 4.74 Å². The molecular formula is C33H35F3N6O3S. The Morgan fingerprint density at radius 3 is 2.43 bits per heavy atom. The number of alkyl halides is 3. The lowest BCUT2D eigenvalue weighted by Gasteiger charge is -2.23. The van der Waals surface area contributed by atoms with E-state index >= 15 is 0 Å². The number of carbonyl (C=O) groups excluding carboxylic acids is 1. The molecule has 0 radical (unpaired) electrons. The summed E-state index contributed by atoms with van der Waals surface area (Å²) in [5.74, 6) is 2.15. The highest BCUT2D eigenvalue weighted by molar-refractivity contribution is 8.14. The molecule has 0 saturated carbocycles. The van der Waals surface area contributed by atoms with Crippen LogP contribution in [0.4, 0.5) is 23.7 Å². The van der Waals surface area contributed by atoms with Crippen molar-refractivity contribution in [2.75, 3.05) is 30.9 Å². The first kappa shape index (κ1) is 32.9. The Balaban J connectivity index is 1.21. The van der Waals surface area contributed by atoms with Gasteiger partial charge in [0.2, 0.25) is 0 Å². The maximum atomic E-state index is 13.0. The van der Waals surface area contributed by atoms with E-state index in [1.165, 1.54) is 35.3 Å². The summed E-state index contributed by atoms with van der Waals surface area (Å²) >= 11 is 1.57. The molecule has 4 aromatic rings. The van der Waals surface area contributed by atoms with E-state index in [1.807, 2.05) is 42.5 Å². The van der Waals surface area contributed by atoms with Crippen LogP contribution in [0.2, 0.25) is 0 Å². The molecule has 1 atom stereocenters. The van der Waals surface area contributed by atoms with Crippen molar-refractivity contribution in [2.45, 2.75) is 45.4 Å². The molecule has 13 heteroatoms. The molecule has 46 heavy (non-hydrogen) atoms. The first-order valence-electron chi connectivity index (χ1n) is 14.9. The van der Waals surface area contributed by atoms with Crippen molar-refractivity contribution in [1.29, 1.82) is 0 Å². The Kier molecular flexibility index (Phi) is 10.2. The Bertz CT molecular complexity index is 1670. The molecule has 1 fully saturated rings. The molecule has 0 spiro atoms. The number of amides is 2. The van der Waals surface area contributed by atoms with Crippen LogP contribution in [-0.4, -0.2) is 58.3 Å². The van der Waals surface area contributed by atoms with Gasteiger partial charge in [0.15, 0.2) is 11.0 Å². The average molecular weight is 653 g/mol. The third kappa shape index (κ3) is 8.00. The van der Waals surface area contributed by atoms with E-state index in [0.29, 0.717) is 23.2 Å². The summed E-state index contributed by atoms with van der Waals surface area (Å²) in [5, 5.41) is 8.13. The number of hydrogen-bond donors (Lipinski definition) is 1. The standard InChI is InChI=1S/C33H35F3N6O3S/c1-5-22(19-37-31(43)39-32-41(16-17-46-32)29-15-14-27(44-4)18-28(29)21(2)3)23-6-8-24(9-7-23)30-38-20-42(40-30)25-10-12-26(13-11-25)45-33(34,35)36/h6-15,18,20-22H,5,16-17,19H2,1-4H3,(H,37,43)/b39-32-. The van der Waals surface area contributed by atoms with Crippen LogP contribution in [0.1, 0.15) is 50.2 Å². The van der Waals surface area contributed by atoms with Gasteiger partial charge in [0.05, 0.1) is 12.8 Å². The second-order valence-electron chi connectivity index (χ2n) is 10.9. The number of aliphatic imine (C=N–C) groups is 1. The van der Waals surface area contributed by atoms with Crippen LogP contribution in [0.5, 0.6) is 11.5 Å². The largest absolute Gasteiger partial charge is 0.573 e. The number of aromatic nitrogens is 3. The van der Waals surface area contributed by atoms with Gasteiger partial charge in [-0.2, -0.15) is 4.99 Å². The topological polar surface area (TPSA) is 93.9 Å². The fourth-order valence-corrected chi connectivity index (χ4v) is 6.09. The molecule has 0 bridgehead atoms. The molecule has 1 aliphatic heterocycles. The molecule has 9 nitrogen and oxygen atoms in total. The molecule has 1 aromatic heterocycles. The van der Waals surface area contributed by atoms with E-state index in [1.54, 1.807) is 18.9 Å². The zero-order valence-electron chi connectivity index (χ0n) is 25.9. The van der Waals surface area contributed by atoms with E-state index in [0.717, 1.165) is 46.8 Å². The fourth-order valence-electron chi connectivity index (χ4n) is 5.15. The van der Waals surface area contributed by atoms with Gasteiger partial charge in [-0.3, -0.25) is 0 Å². The summed E-state index contributed by atoms with van der Waals surface area (Å²) in [6.07, 6.45) is -2.45. The number of rotatable bonds is 10. The zero-order valence-corrected chi connectivity index (χ0v) is 26.7. The molecule has 1 N–H and O–H groups in total. The molecule has 1 unspecified atom stereocenters. The van der Waals surface area contributed by atoms with Gasteiger partial charge in [-0.05, 0) is 65.9 Å². The van der Waals surface area contributed by atoms with Gasteiger partial charge in [-0.15, -0.1) is 18.3 Å². The molecule has 3 aromatic carbocycles. The number of benzene rings is 3. The number of anilines is 1. The summed E-state index contributed by atoms with van der Waals surface area (Å²) in [5.41, 5.74) is 4.54. The fraction of sp³-hybridized carbons (Fsp3) is 0.333. The molecule has 1 saturated heterocycles. The molecular weight excluding hydrogens is 617 g/mol. The molecule has 2 amide bonds. The Morgan fingerprint density at radius 2 is 1.78 bits per heavy atom. The molecule has 0 aliphatic carbocycles. The second kappa shape index (κ2) is 14.3. The van der Waals surface area contributed by atoms with Gasteiger partial charge in [-0.25, -0.2) is 14.5 Å². The number of nitrogens with one attached hydrogen (secondary N) is 1. The van der Waals surface area contributed by atoms with Crippen molar-refractivity contribution in [3.63, 3.8) is 0 Å². The number of carbonyl (C=O) groups is 1. The van der Waals surface area contributed by atoms with Crippen LogP contribution < -0.4 is 19.7 Å². The highest BCUT2D eigenvalue weighted by atomic mass is 32.2. The number of amidine groups is 1. The quantitative estimate of drug-likeness (QED) is 0.187. The number of methoxy groups -OCH3 is 1. The number of halogens is 3. The van der Waals surface area contributed by atoms with Crippen molar-refractivity contribution in [3.05, 3.63) is 84.2 Å².